The number of aromatic nitrogens is 3. The van der Waals surface area contributed by atoms with Crippen LogP contribution >= 0.6 is 11.8 Å². The molecule has 158 valence electrons. The Bertz CT molecular complexity index is 1180. The minimum Gasteiger partial charge on any atom is -0.465 e. The summed E-state index contributed by atoms with van der Waals surface area (Å²) in [5.41, 5.74) is 2.41. The van der Waals surface area contributed by atoms with E-state index in [0.29, 0.717) is 45.1 Å². The van der Waals surface area contributed by atoms with Crippen molar-refractivity contribution in [1.29, 1.82) is 0 Å². The second-order valence-corrected chi connectivity index (χ2v) is 8.42. The van der Waals surface area contributed by atoms with Crippen LogP contribution in [0.5, 0.6) is 0 Å². The Morgan fingerprint density at radius 3 is 2.63 bits per heavy atom. The van der Waals surface area contributed by atoms with Gasteiger partial charge >= 0.3 is 5.97 Å². The van der Waals surface area contributed by atoms with E-state index in [1.165, 1.54) is 18.9 Å². The third-order valence-electron chi connectivity index (χ3n) is 5.00. The van der Waals surface area contributed by atoms with Crippen molar-refractivity contribution >= 4 is 34.4 Å². The standard InChI is InChI=1S/C22H25N3O4S/c1-6-11-25-20(27)15-9-7-8-10-16(15)24-22(25)30-14(4)19(26)18-12(2)17(13(3)23-18)21(28)29-5/h7-10,14,23H,6,11H2,1-5H3. The van der Waals surface area contributed by atoms with Gasteiger partial charge in [0.2, 0.25) is 0 Å². The third kappa shape index (κ3) is 3.92. The number of aryl methyl sites for hydroxylation is 1. The largest absolute Gasteiger partial charge is 0.465 e. The van der Waals surface area contributed by atoms with Crippen molar-refractivity contribution in [2.24, 2.45) is 0 Å². The summed E-state index contributed by atoms with van der Waals surface area (Å²) in [7, 11) is 1.31. The molecule has 1 unspecified atom stereocenters. The maximum Gasteiger partial charge on any atom is 0.339 e. The first kappa shape index (κ1) is 21.8. The van der Waals surface area contributed by atoms with Crippen molar-refractivity contribution < 1.29 is 14.3 Å². The predicted molar refractivity (Wildman–Crippen MR) is 118 cm³/mol. The van der Waals surface area contributed by atoms with Crippen LogP contribution in [0.1, 0.15) is 52.4 Å². The predicted octanol–water partition coefficient (Wildman–Crippen LogP) is 3.90. The molecular formula is C22H25N3O4S. The lowest BCUT2D eigenvalue weighted by atomic mass is 10.1. The van der Waals surface area contributed by atoms with E-state index in [9.17, 15) is 14.4 Å². The molecule has 0 saturated carbocycles. The fourth-order valence-electron chi connectivity index (χ4n) is 3.48. The Morgan fingerprint density at radius 2 is 1.97 bits per heavy atom. The van der Waals surface area contributed by atoms with Gasteiger partial charge in [-0.3, -0.25) is 14.2 Å². The maximum absolute atomic E-state index is 13.1. The number of ketones is 1. The molecule has 0 bridgehead atoms. The number of carbonyl (C=O) groups is 2. The molecule has 0 fully saturated rings. The van der Waals surface area contributed by atoms with E-state index in [1.54, 1.807) is 37.5 Å². The number of aromatic amines is 1. The quantitative estimate of drug-likeness (QED) is 0.266. The van der Waals surface area contributed by atoms with Crippen molar-refractivity contribution in [2.45, 2.75) is 51.1 Å². The molecule has 1 atom stereocenters. The van der Waals surface area contributed by atoms with E-state index in [-0.39, 0.29) is 11.3 Å². The number of benzene rings is 1. The monoisotopic (exact) mass is 427 g/mol. The van der Waals surface area contributed by atoms with E-state index < -0.39 is 11.2 Å². The van der Waals surface area contributed by atoms with Crippen molar-refractivity contribution in [3.8, 4) is 0 Å². The number of esters is 1. The SMILES string of the molecule is CCCn1c(SC(C)C(=O)c2[nH]c(C)c(C(=O)OC)c2C)nc2ccccc2c1=O. The number of hydrogen-bond acceptors (Lipinski definition) is 6. The Labute approximate surface area is 178 Å². The summed E-state index contributed by atoms with van der Waals surface area (Å²) in [6.07, 6.45) is 0.771. The number of methoxy groups -OCH3 is 1. The zero-order valence-corrected chi connectivity index (χ0v) is 18.6. The van der Waals surface area contributed by atoms with E-state index >= 15 is 0 Å². The lowest BCUT2D eigenvalue weighted by Crippen LogP contribution is -2.25. The molecule has 0 aliphatic heterocycles. The Hall–Kier alpha value is -2.87. The molecule has 0 aliphatic carbocycles. The van der Waals surface area contributed by atoms with Crippen LogP contribution in [0.2, 0.25) is 0 Å². The van der Waals surface area contributed by atoms with E-state index in [2.05, 4.69) is 9.97 Å². The van der Waals surface area contributed by atoms with Gasteiger partial charge in [-0.2, -0.15) is 0 Å². The molecule has 0 aliphatic rings. The van der Waals surface area contributed by atoms with Crippen LogP contribution in [0.4, 0.5) is 0 Å². The zero-order valence-electron chi connectivity index (χ0n) is 17.7. The summed E-state index contributed by atoms with van der Waals surface area (Å²) in [6, 6.07) is 7.21. The average Bonchev–Trinajstić information content (AvgIpc) is 3.03. The van der Waals surface area contributed by atoms with Crippen molar-refractivity contribution in [3.63, 3.8) is 0 Å². The van der Waals surface area contributed by atoms with Crippen LogP contribution in [-0.4, -0.2) is 38.6 Å². The molecule has 0 amide bonds. The highest BCUT2D eigenvalue weighted by atomic mass is 32.2. The summed E-state index contributed by atoms with van der Waals surface area (Å²) in [6.45, 7) is 7.74. The number of H-pyrrole nitrogens is 1. The number of ether oxygens (including phenoxy) is 1. The number of para-hydroxylation sites is 1. The molecule has 3 rings (SSSR count). The summed E-state index contributed by atoms with van der Waals surface area (Å²) in [4.78, 5) is 45.8. The van der Waals surface area contributed by atoms with Gasteiger partial charge in [0.25, 0.3) is 5.56 Å². The highest BCUT2D eigenvalue weighted by molar-refractivity contribution is 8.00. The number of carbonyl (C=O) groups excluding carboxylic acids is 2. The lowest BCUT2D eigenvalue weighted by Gasteiger charge is -2.15. The molecule has 0 spiro atoms. The normalized spacial score (nSPS) is 12.2. The van der Waals surface area contributed by atoms with E-state index in [1.807, 2.05) is 19.1 Å². The molecule has 1 aromatic carbocycles. The molecular weight excluding hydrogens is 402 g/mol. The topological polar surface area (TPSA) is 94.1 Å². The summed E-state index contributed by atoms with van der Waals surface area (Å²) in [5, 5.41) is 0.562. The fraction of sp³-hybridized carbons (Fsp3) is 0.364. The van der Waals surface area contributed by atoms with E-state index in [4.69, 9.17) is 4.74 Å². The van der Waals surface area contributed by atoms with Gasteiger partial charge in [0.1, 0.15) is 0 Å². The fourth-order valence-corrected chi connectivity index (χ4v) is 4.47. The van der Waals surface area contributed by atoms with Gasteiger partial charge in [-0.05, 0) is 44.9 Å². The van der Waals surface area contributed by atoms with Gasteiger partial charge in [-0.25, -0.2) is 9.78 Å². The third-order valence-corrected chi connectivity index (χ3v) is 6.09. The van der Waals surface area contributed by atoms with Gasteiger partial charge in [0, 0.05) is 12.2 Å². The number of Topliss-reactive ketones (excluding diaryl/α,β-unsaturated/α-hetero) is 1. The summed E-state index contributed by atoms with van der Waals surface area (Å²) in [5.74, 6) is -0.644. The number of hydrogen-bond donors (Lipinski definition) is 1. The van der Waals surface area contributed by atoms with Crippen molar-refractivity contribution in [1.82, 2.24) is 14.5 Å². The van der Waals surface area contributed by atoms with E-state index in [0.717, 1.165) is 6.42 Å². The lowest BCUT2D eigenvalue weighted by molar-refractivity contribution is 0.0599. The van der Waals surface area contributed by atoms with Crippen molar-refractivity contribution in [2.75, 3.05) is 7.11 Å². The molecule has 0 saturated heterocycles. The minimum absolute atomic E-state index is 0.107. The van der Waals surface area contributed by atoms with Crippen LogP contribution in [-0.2, 0) is 11.3 Å². The molecule has 2 aromatic heterocycles. The number of nitrogens with zero attached hydrogens (tertiary/aromatic N) is 2. The first-order valence-electron chi connectivity index (χ1n) is 9.78. The first-order chi connectivity index (χ1) is 14.3. The van der Waals surface area contributed by atoms with Crippen LogP contribution < -0.4 is 5.56 Å². The number of fused-ring (bicyclic) bond motifs is 1. The Balaban J connectivity index is 1.98. The number of thioether (sulfide) groups is 1. The van der Waals surface area contributed by atoms with Crippen LogP contribution in [0.25, 0.3) is 10.9 Å². The van der Waals surface area contributed by atoms with Gasteiger partial charge < -0.3 is 9.72 Å². The van der Waals surface area contributed by atoms with Gasteiger partial charge in [0.05, 0.1) is 34.5 Å². The molecule has 0 radical (unpaired) electrons. The second-order valence-electron chi connectivity index (χ2n) is 7.11. The highest BCUT2D eigenvalue weighted by Crippen LogP contribution is 2.27. The van der Waals surface area contributed by atoms with Gasteiger partial charge in [0.15, 0.2) is 10.9 Å². The molecule has 30 heavy (non-hydrogen) atoms. The smallest absolute Gasteiger partial charge is 0.339 e. The Kier molecular flexibility index (Phi) is 6.45. The molecule has 7 nitrogen and oxygen atoms in total. The summed E-state index contributed by atoms with van der Waals surface area (Å²) >= 11 is 1.25. The maximum atomic E-state index is 13.1. The number of rotatable bonds is 7. The molecule has 3 aromatic rings. The van der Waals surface area contributed by atoms with Crippen molar-refractivity contribution in [3.05, 3.63) is 57.1 Å². The Morgan fingerprint density at radius 1 is 1.27 bits per heavy atom. The second kappa shape index (κ2) is 8.87. The highest BCUT2D eigenvalue weighted by Gasteiger charge is 2.27. The van der Waals surface area contributed by atoms with Crippen LogP contribution in [0, 0.1) is 13.8 Å². The minimum atomic E-state index is -0.511. The van der Waals surface area contributed by atoms with Crippen LogP contribution in [0.15, 0.2) is 34.2 Å². The zero-order chi connectivity index (χ0) is 22.0. The molecule has 2 heterocycles. The average molecular weight is 428 g/mol. The summed E-state index contributed by atoms with van der Waals surface area (Å²) < 4.78 is 6.45. The first-order valence-corrected chi connectivity index (χ1v) is 10.7. The van der Waals surface area contributed by atoms with Gasteiger partial charge in [-0.15, -0.1) is 0 Å². The van der Waals surface area contributed by atoms with Gasteiger partial charge in [-0.1, -0.05) is 30.8 Å². The molecule has 8 heteroatoms. The molecule has 1 N–H and O–H groups in total. The number of nitrogens with one attached hydrogen (secondary N) is 1. The van der Waals surface area contributed by atoms with Crippen LogP contribution in [0.3, 0.4) is 0 Å².